The van der Waals surface area contributed by atoms with Crippen molar-refractivity contribution in [3.63, 3.8) is 0 Å². The van der Waals surface area contributed by atoms with Crippen molar-refractivity contribution >= 4 is 49.1 Å². The summed E-state index contributed by atoms with van der Waals surface area (Å²) in [7, 11) is 1.78. The third kappa shape index (κ3) is 4.56. The molecule has 0 N–H and O–H groups in total. The van der Waals surface area contributed by atoms with E-state index < -0.39 is 0 Å². The molecule has 0 fully saturated rings. The highest BCUT2D eigenvalue weighted by Crippen LogP contribution is 2.32. The van der Waals surface area contributed by atoms with Crippen LogP contribution in [0.25, 0.3) is 0 Å². The normalized spacial score (nSPS) is 10.5. The van der Waals surface area contributed by atoms with Gasteiger partial charge < -0.3 is 9.64 Å². The quantitative estimate of drug-likeness (QED) is 0.683. The van der Waals surface area contributed by atoms with E-state index in [1.54, 1.807) is 11.9 Å². The van der Waals surface area contributed by atoms with Gasteiger partial charge in [0.2, 0.25) is 0 Å². The molecule has 0 atom stereocenters. The molecule has 0 bridgehead atoms. The lowest BCUT2D eigenvalue weighted by Gasteiger charge is -2.16. The van der Waals surface area contributed by atoms with Crippen LogP contribution in [0.1, 0.15) is 15.2 Å². The van der Waals surface area contributed by atoms with Crippen molar-refractivity contribution in [3.8, 4) is 5.75 Å². The SMILES string of the molecule is Cc1cccc(OCCN(C)C(=O)c2cc(Br)c(Br)s2)c1. The van der Waals surface area contributed by atoms with Crippen LogP contribution in [0.3, 0.4) is 0 Å². The molecule has 0 radical (unpaired) electrons. The van der Waals surface area contributed by atoms with E-state index in [-0.39, 0.29) is 5.91 Å². The summed E-state index contributed by atoms with van der Waals surface area (Å²) in [6.45, 7) is 3.04. The van der Waals surface area contributed by atoms with E-state index in [9.17, 15) is 4.79 Å². The Morgan fingerprint density at radius 1 is 1.33 bits per heavy atom. The Bertz CT molecular complexity index is 623. The number of carbonyl (C=O) groups excluding carboxylic acids is 1. The van der Waals surface area contributed by atoms with Crippen LogP contribution in [0.2, 0.25) is 0 Å². The van der Waals surface area contributed by atoms with Crippen molar-refractivity contribution in [1.29, 1.82) is 0 Å². The van der Waals surface area contributed by atoms with E-state index >= 15 is 0 Å². The van der Waals surface area contributed by atoms with Crippen LogP contribution in [0, 0.1) is 6.92 Å². The van der Waals surface area contributed by atoms with Crippen molar-refractivity contribution < 1.29 is 9.53 Å². The zero-order chi connectivity index (χ0) is 15.4. The van der Waals surface area contributed by atoms with E-state index in [4.69, 9.17) is 4.74 Å². The Kier molecular flexibility index (Phi) is 5.84. The van der Waals surface area contributed by atoms with Gasteiger partial charge in [-0.25, -0.2) is 0 Å². The lowest BCUT2D eigenvalue weighted by atomic mass is 10.2. The van der Waals surface area contributed by atoms with E-state index in [2.05, 4.69) is 31.9 Å². The molecule has 0 aliphatic rings. The van der Waals surface area contributed by atoms with Crippen LogP contribution in [-0.4, -0.2) is 31.0 Å². The average molecular weight is 433 g/mol. The van der Waals surface area contributed by atoms with Crippen molar-refractivity contribution in [2.45, 2.75) is 6.92 Å². The summed E-state index contributed by atoms with van der Waals surface area (Å²) in [6, 6.07) is 9.71. The van der Waals surface area contributed by atoms with Crippen LogP contribution in [0.15, 0.2) is 38.6 Å². The molecular weight excluding hydrogens is 418 g/mol. The molecule has 0 spiro atoms. The van der Waals surface area contributed by atoms with Gasteiger partial charge in [0.05, 0.1) is 15.2 Å². The number of amides is 1. The molecule has 1 aromatic heterocycles. The Labute approximate surface area is 145 Å². The molecule has 0 aliphatic carbocycles. The summed E-state index contributed by atoms with van der Waals surface area (Å²) < 4.78 is 7.49. The molecule has 3 nitrogen and oxygen atoms in total. The fraction of sp³-hybridized carbons (Fsp3) is 0.267. The van der Waals surface area contributed by atoms with Crippen molar-refractivity contribution in [2.75, 3.05) is 20.2 Å². The topological polar surface area (TPSA) is 29.5 Å². The van der Waals surface area contributed by atoms with Crippen LogP contribution in [-0.2, 0) is 0 Å². The Hall–Kier alpha value is -0.850. The van der Waals surface area contributed by atoms with Gasteiger partial charge in [0.15, 0.2) is 0 Å². The third-order valence-corrected chi connectivity index (χ3v) is 6.13. The number of benzene rings is 1. The molecule has 6 heteroatoms. The van der Waals surface area contributed by atoms with Crippen LogP contribution >= 0.6 is 43.2 Å². The number of hydrogen-bond donors (Lipinski definition) is 0. The number of halogens is 2. The molecule has 2 aromatic rings. The van der Waals surface area contributed by atoms with Crippen LogP contribution in [0.5, 0.6) is 5.75 Å². The standard InChI is InChI=1S/C15H15Br2NO2S/c1-10-4-3-5-11(8-10)20-7-6-18(2)15(19)13-9-12(16)14(17)21-13/h3-5,8-9H,6-7H2,1-2H3. The summed E-state index contributed by atoms with van der Waals surface area (Å²) in [5.74, 6) is 0.830. The molecular formula is C15H15Br2NO2S. The molecule has 2 rings (SSSR count). The molecule has 0 saturated carbocycles. The number of hydrogen-bond acceptors (Lipinski definition) is 3. The second-order valence-corrected chi connectivity index (χ2v) is 7.85. The number of ether oxygens (including phenoxy) is 1. The first kappa shape index (κ1) is 16.5. The number of rotatable bonds is 5. The van der Waals surface area contributed by atoms with Gasteiger partial charge in [0.25, 0.3) is 5.91 Å². The predicted octanol–water partition coefficient (Wildman–Crippen LogP) is 4.73. The molecule has 1 aromatic carbocycles. The maximum Gasteiger partial charge on any atom is 0.263 e. The fourth-order valence-corrected chi connectivity index (χ4v) is 3.78. The van der Waals surface area contributed by atoms with E-state index in [0.29, 0.717) is 18.0 Å². The minimum Gasteiger partial charge on any atom is -0.492 e. The second kappa shape index (κ2) is 7.42. The van der Waals surface area contributed by atoms with Gasteiger partial charge in [-0.3, -0.25) is 4.79 Å². The van der Waals surface area contributed by atoms with Crippen molar-refractivity contribution in [1.82, 2.24) is 4.90 Å². The predicted molar refractivity (Wildman–Crippen MR) is 93.4 cm³/mol. The Morgan fingerprint density at radius 3 is 2.71 bits per heavy atom. The summed E-state index contributed by atoms with van der Waals surface area (Å²) in [5, 5.41) is 0. The van der Waals surface area contributed by atoms with Gasteiger partial charge >= 0.3 is 0 Å². The first-order valence-electron chi connectivity index (χ1n) is 6.37. The number of thiophene rings is 1. The average Bonchev–Trinajstić information content (AvgIpc) is 2.78. The summed E-state index contributed by atoms with van der Waals surface area (Å²) >= 11 is 8.21. The molecule has 1 heterocycles. The third-order valence-electron chi connectivity index (χ3n) is 2.89. The molecule has 0 saturated heterocycles. The van der Waals surface area contributed by atoms with E-state index in [0.717, 1.165) is 19.6 Å². The van der Waals surface area contributed by atoms with Gasteiger partial charge in [-0.2, -0.15) is 0 Å². The molecule has 1 amide bonds. The molecule has 21 heavy (non-hydrogen) atoms. The highest BCUT2D eigenvalue weighted by molar-refractivity contribution is 9.13. The van der Waals surface area contributed by atoms with Crippen molar-refractivity contribution in [3.05, 3.63) is 49.0 Å². The van der Waals surface area contributed by atoms with Crippen molar-refractivity contribution in [2.24, 2.45) is 0 Å². The highest BCUT2D eigenvalue weighted by Gasteiger charge is 2.16. The second-order valence-electron chi connectivity index (χ2n) is 4.62. The molecule has 0 aliphatic heterocycles. The zero-order valence-corrected chi connectivity index (χ0v) is 15.7. The largest absolute Gasteiger partial charge is 0.492 e. The van der Waals surface area contributed by atoms with Gasteiger partial charge in [-0.05, 0) is 62.5 Å². The number of carbonyl (C=O) groups is 1. The maximum atomic E-state index is 12.2. The number of nitrogens with zero attached hydrogens (tertiary/aromatic N) is 1. The van der Waals surface area contributed by atoms with Gasteiger partial charge in [-0.1, -0.05) is 12.1 Å². The lowest BCUT2D eigenvalue weighted by Crippen LogP contribution is -2.30. The van der Waals surface area contributed by atoms with Crippen LogP contribution < -0.4 is 4.74 Å². The number of likely N-dealkylation sites (N-methyl/N-ethyl adjacent to an activating group) is 1. The lowest BCUT2D eigenvalue weighted by molar-refractivity contribution is 0.0778. The minimum absolute atomic E-state index is 0.000702. The summed E-state index contributed by atoms with van der Waals surface area (Å²) in [5.41, 5.74) is 1.16. The van der Waals surface area contributed by atoms with Gasteiger partial charge in [0, 0.05) is 11.5 Å². The van der Waals surface area contributed by atoms with Gasteiger partial charge in [0.1, 0.15) is 12.4 Å². The zero-order valence-electron chi connectivity index (χ0n) is 11.7. The Morgan fingerprint density at radius 2 is 2.10 bits per heavy atom. The van der Waals surface area contributed by atoms with E-state index in [1.165, 1.54) is 11.3 Å². The first-order valence-corrected chi connectivity index (χ1v) is 8.77. The molecule has 0 unspecified atom stereocenters. The first-order chi connectivity index (χ1) is 9.97. The maximum absolute atomic E-state index is 12.2. The fourth-order valence-electron chi connectivity index (χ4n) is 1.75. The highest BCUT2D eigenvalue weighted by atomic mass is 79.9. The summed E-state index contributed by atoms with van der Waals surface area (Å²) in [6.07, 6.45) is 0. The van der Waals surface area contributed by atoms with Crippen LogP contribution in [0.4, 0.5) is 0 Å². The summed E-state index contributed by atoms with van der Waals surface area (Å²) in [4.78, 5) is 14.6. The van der Waals surface area contributed by atoms with E-state index in [1.807, 2.05) is 37.3 Å². The monoisotopic (exact) mass is 431 g/mol. The van der Waals surface area contributed by atoms with Gasteiger partial charge in [-0.15, -0.1) is 11.3 Å². The number of aryl methyl sites for hydroxylation is 1. The minimum atomic E-state index is -0.000702. The Balaban J connectivity index is 1.87. The smallest absolute Gasteiger partial charge is 0.263 e. The molecule has 112 valence electrons.